The van der Waals surface area contributed by atoms with Crippen molar-refractivity contribution in [2.45, 2.75) is 32.1 Å². The third-order valence-corrected chi connectivity index (χ3v) is 4.10. The van der Waals surface area contributed by atoms with Gasteiger partial charge in [-0.3, -0.25) is 0 Å². The maximum absolute atomic E-state index is 4.32. The number of rotatable bonds is 0. The number of hydrogen-bond donors (Lipinski definition) is 0. The van der Waals surface area contributed by atoms with Gasteiger partial charge in [0.15, 0.2) is 6.20 Å². The summed E-state index contributed by atoms with van der Waals surface area (Å²) in [6.45, 7) is 0. The zero-order chi connectivity index (χ0) is 9.38. The molecule has 0 saturated heterocycles. The van der Waals surface area contributed by atoms with Crippen LogP contribution in [0.5, 0.6) is 0 Å². The molecule has 0 aromatic carbocycles. The summed E-state index contributed by atoms with van der Waals surface area (Å²) in [6, 6.07) is 0. The third-order valence-electron chi connectivity index (χ3n) is 2.89. The first kappa shape index (κ1) is 8.36. The van der Waals surface area contributed by atoms with E-state index in [2.05, 4.69) is 9.98 Å². The summed E-state index contributed by atoms with van der Waals surface area (Å²) in [5.74, 6) is 0. The minimum atomic E-state index is 1.17. The zero-order valence-corrected chi connectivity index (χ0v) is 8.81. The number of nitrogens with zero attached hydrogens (tertiary/aromatic N) is 2. The van der Waals surface area contributed by atoms with Gasteiger partial charge in [-0.2, -0.15) is 0 Å². The highest BCUT2D eigenvalue weighted by molar-refractivity contribution is 7.09. The van der Waals surface area contributed by atoms with E-state index in [1.165, 1.54) is 47.6 Å². The summed E-state index contributed by atoms with van der Waals surface area (Å²) in [6.07, 6.45) is 10.1. The lowest BCUT2D eigenvalue weighted by molar-refractivity contribution is 0.712. The normalized spacial score (nSPS) is 18.9. The second kappa shape index (κ2) is 3.31. The van der Waals surface area contributed by atoms with Crippen molar-refractivity contribution in [3.05, 3.63) is 20.3 Å². The van der Waals surface area contributed by atoms with E-state index in [0.29, 0.717) is 0 Å². The van der Waals surface area contributed by atoms with Crippen LogP contribution in [0.2, 0.25) is 0 Å². The Hall–Kier alpha value is -0.960. The topological polar surface area (TPSA) is 26.5 Å². The van der Waals surface area contributed by atoms with Crippen molar-refractivity contribution in [2.24, 2.45) is 4.99 Å². The van der Waals surface area contributed by atoms with Crippen molar-refractivity contribution < 1.29 is 0 Å². The van der Waals surface area contributed by atoms with Gasteiger partial charge in [0.25, 0.3) is 0 Å². The second-order valence-corrected chi connectivity index (χ2v) is 4.89. The van der Waals surface area contributed by atoms with Gasteiger partial charge in [0.2, 0.25) is 4.67 Å². The van der Waals surface area contributed by atoms with Gasteiger partial charge in [0, 0.05) is 4.88 Å². The molecule has 71 valence electrons. The molecule has 0 atom stereocenters. The second-order valence-electron chi connectivity index (χ2n) is 3.81. The molecular formula is C11H12N2S+. The molecule has 2 heterocycles. The Morgan fingerprint density at radius 3 is 3.14 bits per heavy atom. The van der Waals surface area contributed by atoms with Gasteiger partial charge in [-0.1, -0.05) is 22.8 Å². The van der Waals surface area contributed by atoms with E-state index in [-0.39, 0.29) is 0 Å². The van der Waals surface area contributed by atoms with E-state index < -0.39 is 0 Å². The summed E-state index contributed by atoms with van der Waals surface area (Å²) >= 11 is 1.86. The molecule has 0 saturated carbocycles. The van der Waals surface area contributed by atoms with Crippen LogP contribution in [-0.2, 0) is 12.8 Å². The van der Waals surface area contributed by atoms with Crippen LogP contribution in [0.15, 0.2) is 4.99 Å². The van der Waals surface area contributed by atoms with Crippen molar-refractivity contribution in [1.29, 1.82) is 0 Å². The average Bonchev–Trinajstić information content (AvgIpc) is 2.42. The van der Waals surface area contributed by atoms with E-state index in [1.54, 1.807) is 11.2 Å². The highest BCUT2D eigenvalue weighted by Crippen LogP contribution is 2.19. The number of hydrogen-bond acceptors (Lipinski definition) is 3. The molecule has 0 fully saturated rings. The van der Waals surface area contributed by atoms with Crippen LogP contribution in [0.1, 0.15) is 29.7 Å². The van der Waals surface area contributed by atoms with Crippen LogP contribution < -0.4 is 14.9 Å². The molecule has 1 aliphatic heterocycles. The van der Waals surface area contributed by atoms with Gasteiger partial charge in [0.1, 0.15) is 0 Å². The molecule has 1 aromatic heterocycles. The average molecular weight is 204 g/mol. The first-order valence-electron chi connectivity index (χ1n) is 5.15. The molecule has 2 aliphatic rings. The Morgan fingerprint density at radius 2 is 2.14 bits per heavy atom. The molecular weight excluding hydrogens is 192 g/mol. The molecule has 0 bridgehead atoms. The van der Waals surface area contributed by atoms with Gasteiger partial charge < -0.3 is 0 Å². The molecule has 3 rings (SSSR count). The van der Waals surface area contributed by atoms with Crippen molar-refractivity contribution in [2.75, 3.05) is 0 Å². The summed E-state index contributed by atoms with van der Waals surface area (Å²) in [5, 5.41) is 1.30. The van der Waals surface area contributed by atoms with Crippen LogP contribution in [0.25, 0.3) is 6.20 Å². The molecule has 14 heavy (non-hydrogen) atoms. The maximum Gasteiger partial charge on any atom is 0.328 e. The van der Waals surface area contributed by atoms with Gasteiger partial charge >= 0.3 is 6.34 Å². The smallest absolute Gasteiger partial charge is 0.0940 e. The predicted octanol–water partition coefficient (Wildman–Crippen LogP) is 0.752. The number of thiophene rings is 1. The molecule has 3 heteroatoms. The summed E-state index contributed by atoms with van der Waals surface area (Å²) in [5.41, 5.74) is 1.53. The van der Waals surface area contributed by atoms with Gasteiger partial charge in [-0.25, -0.2) is 0 Å². The van der Waals surface area contributed by atoms with Crippen LogP contribution in [0, 0.1) is 0 Å². The van der Waals surface area contributed by atoms with Gasteiger partial charge in [-0.05, 0) is 36.2 Å². The van der Waals surface area contributed by atoms with Crippen molar-refractivity contribution in [3.63, 3.8) is 0 Å². The van der Waals surface area contributed by atoms with Crippen molar-refractivity contribution in [3.8, 4) is 0 Å². The highest BCUT2D eigenvalue weighted by Gasteiger charge is 2.16. The molecule has 1 radical (unpaired) electrons. The lowest BCUT2D eigenvalue weighted by atomic mass is 10.1. The molecule has 1 aromatic rings. The first-order valence-corrected chi connectivity index (χ1v) is 5.97. The summed E-state index contributed by atoms with van der Waals surface area (Å²) in [4.78, 5) is 10.00. The standard InChI is InChI=1S/C11H12N2S/c1-2-4-8-9-6-12-7-13-11(9)14-10(8)5-3-1/h6-7H,1-5H2/q+1. The van der Waals surface area contributed by atoms with E-state index >= 15 is 0 Å². The van der Waals surface area contributed by atoms with Crippen LogP contribution >= 0.6 is 11.3 Å². The van der Waals surface area contributed by atoms with Crippen LogP contribution in [-0.4, -0.2) is 6.34 Å². The minimum Gasteiger partial charge on any atom is -0.0940 e. The van der Waals surface area contributed by atoms with Gasteiger partial charge in [0.05, 0.1) is 5.22 Å². The van der Waals surface area contributed by atoms with E-state index in [9.17, 15) is 0 Å². The highest BCUT2D eigenvalue weighted by atomic mass is 32.1. The largest absolute Gasteiger partial charge is 0.328 e. The first-order chi connectivity index (χ1) is 6.95. The van der Waals surface area contributed by atoms with Crippen molar-refractivity contribution >= 4 is 23.9 Å². The fourth-order valence-electron chi connectivity index (χ4n) is 2.18. The lowest BCUT2D eigenvalue weighted by Crippen LogP contribution is -2.26. The van der Waals surface area contributed by atoms with E-state index in [0.717, 1.165) is 0 Å². The zero-order valence-electron chi connectivity index (χ0n) is 7.99. The molecule has 0 N–H and O–H groups in total. The quantitative estimate of drug-likeness (QED) is 0.558. The molecule has 0 unspecified atom stereocenters. The van der Waals surface area contributed by atoms with Crippen molar-refractivity contribution in [1.82, 2.24) is 4.99 Å². The lowest BCUT2D eigenvalue weighted by Gasteiger charge is -1.93. The predicted molar refractivity (Wildman–Crippen MR) is 59.0 cm³/mol. The Labute approximate surface area is 86.7 Å². The Kier molecular flexibility index (Phi) is 1.98. The molecule has 1 aliphatic carbocycles. The summed E-state index contributed by atoms with van der Waals surface area (Å²) in [7, 11) is 0. The molecule has 0 spiro atoms. The Bertz CT molecular complexity index is 496. The van der Waals surface area contributed by atoms with Crippen LogP contribution in [0.3, 0.4) is 0 Å². The SMILES string of the molecule is C1=[N+]C=c2c3c(sc2=N1)CCCCC3. The third kappa shape index (κ3) is 1.23. The van der Waals surface area contributed by atoms with E-state index in [1.807, 2.05) is 17.5 Å². The van der Waals surface area contributed by atoms with E-state index in [4.69, 9.17) is 0 Å². The molecule has 2 nitrogen and oxygen atoms in total. The minimum absolute atomic E-state index is 1.17. The Morgan fingerprint density at radius 1 is 1.21 bits per heavy atom. The number of fused-ring (bicyclic) bond motifs is 3. The fraction of sp³-hybridized carbons (Fsp3) is 0.455. The molecule has 0 amide bonds. The van der Waals surface area contributed by atoms with Crippen LogP contribution in [0.4, 0.5) is 0 Å². The summed E-state index contributed by atoms with van der Waals surface area (Å²) < 4.78 is 1.17. The maximum atomic E-state index is 4.32. The number of aliphatic imine (C=N–C) groups is 1. The fourth-order valence-corrected chi connectivity index (χ4v) is 3.38. The Balaban J connectivity index is 2.26. The monoisotopic (exact) mass is 204 g/mol. The van der Waals surface area contributed by atoms with Gasteiger partial charge in [-0.15, -0.1) is 0 Å². The number of aryl methyl sites for hydroxylation is 1.